The first-order valence-electron chi connectivity index (χ1n) is 10.8. The lowest BCUT2D eigenvalue weighted by molar-refractivity contribution is 0.00578. The largest absolute Gasteiger partial charge is 0.494 e. The lowest BCUT2D eigenvalue weighted by Gasteiger charge is -2.32. The molecule has 0 aliphatic carbocycles. The SMILES string of the molecule is CC(C)OC(=O)N1CCC(c2nc3ccc(B4OC(C)(C)C(C)(C)O4)cc3o2)CC1. The minimum absolute atomic E-state index is 0.106. The molecule has 162 valence electrons. The monoisotopic (exact) mass is 414 g/mol. The van der Waals surface area contributed by atoms with Gasteiger partial charge in [0.2, 0.25) is 0 Å². The molecule has 1 aromatic heterocycles. The first kappa shape index (κ1) is 21.2. The molecule has 2 aliphatic heterocycles. The molecule has 30 heavy (non-hydrogen) atoms. The van der Waals surface area contributed by atoms with Crippen molar-refractivity contribution in [2.75, 3.05) is 13.1 Å². The number of likely N-dealkylation sites (tertiary alicyclic amines) is 1. The summed E-state index contributed by atoms with van der Waals surface area (Å²) < 4.78 is 23.7. The number of carbonyl (C=O) groups excluding carboxylic acids is 1. The molecule has 2 saturated heterocycles. The van der Waals surface area contributed by atoms with Gasteiger partial charge >= 0.3 is 13.2 Å². The fourth-order valence-electron chi connectivity index (χ4n) is 3.84. The predicted molar refractivity (Wildman–Crippen MR) is 115 cm³/mol. The molecular weight excluding hydrogens is 383 g/mol. The number of benzene rings is 1. The molecule has 3 heterocycles. The van der Waals surface area contributed by atoms with Gasteiger partial charge in [0.05, 0.1) is 17.3 Å². The number of nitrogens with zero attached hydrogens (tertiary/aromatic N) is 2. The molecule has 2 aromatic rings. The van der Waals surface area contributed by atoms with Gasteiger partial charge in [-0.3, -0.25) is 0 Å². The molecule has 4 rings (SSSR count). The fraction of sp³-hybridized carbons (Fsp3) is 0.636. The van der Waals surface area contributed by atoms with Crippen LogP contribution in [-0.2, 0) is 14.0 Å². The van der Waals surface area contributed by atoms with Gasteiger partial charge in [-0.25, -0.2) is 9.78 Å². The van der Waals surface area contributed by atoms with E-state index >= 15 is 0 Å². The Morgan fingerprint density at radius 3 is 2.40 bits per heavy atom. The van der Waals surface area contributed by atoms with Crippen molar-refractivity contribution in [2.24, 2.45) is 0 Å². The smallest absolute Gasteiger partial charge is 0.447 e. The summed E-state index contributed by atoms with van der Waals surface area (Å²) >= 11 is 0. The van der Waals surface area contributed by atoms with E-state index in [2.05, 4.69) is 0 Å². The average Bonchev–Trinajstić information content (AvgIpc) is 3.18. The zero-order valence-corrected chi connectivity index (χ0v) is 18.7. The van der Waals surface area contributed by atoms with Gasteiger partial charge in [0.1, 0.15) is 5.52 Å². The Morgan fingerprint density at radius 1 is 1.17 bits per heavy atom. The van der Waals surface area contributed by atoms with Crippen molar-refractivity contribution in [3.05, 3.63) is 24.1 Å². The Morgan fingerprint density at radius 2 is 1.80 bits per heavy atom. The third-order valence-corrected chi connectivity index (χ3v) is 6.39. The number of amides is 1. The summed E-state index contributed by atoms with van der Waals surface area (Å²) in [6, 6.07) is 5.91. The van der Waals surface area contributed by atoms with Crippen LogP contribution in [0.2, 0.25) is 0 Å². The number of hydrogen-bond donors (Lipinski definition) is 0. The second kappa shape index (κ2) is 7.57. The fourth-order valence-corrected chi connectivity index (χ4v) is 3.84. The van der Waals surface area contributed by atoms with Crippen LogP contribution in [0.1, 0.15) is 66.2 Å². The maximum absolute atomic E-state index is 12.1. The number of ether oxygens (including phenoxy) is 1. The van der Waals surface area contributed by atoms with Crippen LogP contribution in [0.4, 0.5) is 4.79 Å². The van der Waals surface area contributed by atoms with Gasteiger partial charge in [-0.1, -0.05) is 6.07 Å². The summed E-state index contributed by atoms with van der Waals surface area (Å²) in [5.74, 6) is 0.925. The Hall–Kier alpha value is -2.06. The van der Waals surface area contributed by atoms with Crippen LogP contribution in [0.15, 0.2) is 22.6 Å². The molecule has 0 N–H and O–H groups in total. The zero-order valence-electron chi connectivity index (χ0n) is 18.7. The zero-order chi connectivity index (χ0) is 21.7. The Bertz CT molecular complexity index is 915. The number of fused-ring (bicyclic) bond motifs is 1. The molecule has 0 radical (unpaired) electrons. The number of rotatable bonds is 3. The summed E-state index contributed by atoms with van der Waals surface area (Å²) in [5.41, 5.74) is 1.72. The number of oxazole rings is 1. The molecule has 8 heteroatoms. The third kappa shape index (κ3) is 3.95. The molecule has 2 fully saturated rings. The molecule has 0 saturated carbocycles. The quantitative estimate of drug-likeness (QED) is 0.711. The minimum atomic E-state index is -0.428. The van der Waals surface area contributed by atoms with Crippen LogP contribution in [0.5, 0.6) is 0 Å². The van der Waals surface area contributed by atoms with E-state index in [9.17, 15) is 4.79 Å². The molecule has 7 nitrogen and oxygen atoms in total. The lowest BCUT2D eigenvalue weighted by atomic mass is 9.79. The van der Waals surface area contributed by atoms with Crippen molar-refractivity contribution in [1.82, 2.24) is 9.88 Å². The van der Waals surface area contributed by atoms with Crippen LogP contribution in [0.25, 0.3) is 11.1 Å². The standard InChI is InChI=1S/C22H31BN2O5/c1-14(2)27-20(26)25-11-9-15(10-12-25)19-24-17-8-7-16(13-18(17)28-19)23-29-21(3,4)22(5,6)30-23/h7-8,13-15H,9-12H2,1-6H3. The number of carbonyl (C=O) groups is 1. The molecule has 1 amide bonds. The molecule has 1 aromatic carbocycles. The first-order valence-corrected chi connectivity index (χ1v) is 10.8. The molecular formula is C22H31BN2O5. The highest BCUT2D eigenvalue weighted by Gasteiger charge is 2.51. The highest BCUT2D eigenvalue weighted by atomic mass is 16.7. The molecule has 0 atom stereocenters. The van der Waals surface area contributed by atoms with Crippen LogP contribution in [-0.4, -0.2) is 53.5 Å². The maximum Gasteiger partial charge on any atom is 0.494 e. The Kier molecular flexibility index (Phi) is 5.35. The number of piperidine rings is 1. The third-order valence-electron chi connectivity index (χ3n) is 6.39. The molecule has 0 spiro atoms. The van der Waals surface area contributed by atoms with Crippen LogP contribution in [0.3, 0.4) is 0 Å². The van der Waals surface area contributed by atoms with Gasteiger partial charge in [0, 0.05) is 19.0 Å². The van der Waals surface area contributed by atoms with Gasteiger partial charge in [-0.05, 0) is 72.0 Å². The van der Waals surface area contributed by atoms with Crippen LogP contribution in [0, 0.1) is 0 Å². The van der Waals surface area contributed by atoms with Crippen molar-refractivity contribution in [2.45, 2.75) is 77.6 Å². The number of hydrogen-bond acceptors (Lipinski definition) is 6. The van der Waals surface area contributed by atoms with Crippen molar-refractivity contribution in [3.63, 3.8) is 0 Å². The molecule has 2 aliphatic rings. The highest BCUT2D eigenvalue weighted by Crippen LogP contribution is 2.37. The molecule has 0 unspecified atom stereocenters. The summed E-state index contributed by atoms with van der Waals surface area (Å²) in [6.45, 7) is 13.2. The van der Waals surface area contributed by atoms with E-state index in [4.69, 9.17) is 23.4 Å². The van der Waals surface area contributed by atoms with E-state index in [0.717, 1.165) is 35.3 Å². The summed E-state index contributed by atoms with van der Waals surface area (Å²) in [6.07, 6.45) is 1.27. The normalized spacial score (nSPS) is 21.6. The summed E-state index contributed by atoms with van der Waals surface area (Å²) in [5, 5.41) is 0. The van der Waals surface area contributed by atoms with E-state index in [-0.39, 0.29) is 29.3 Å². The van der Waals surface area contributed by atoms with Crippen molar-refractivity contribution in [1.29, 1.82) is 0 Å². The molecule has 0 bridgehead atoms. The second-order valence-corrected chi connectivity index (χ2v) is 9.56. The van der Waals surface area contributed by atoms with Crippen LogP contribution < -0.4 is 5.46 Å². The second-order valence-electron chi connectivity index (χ2n) is 9.56. The summed E-state index contributed by atoms with van der Waals surface area (Å²) in [7, 11) is -0.428. The van der Waals surface area contributed by atoms with Gasteiger partial charge in [0.15, 0.2) is 11.5 Å². The van der Waals surface area contributed by atoms with Crippen LogP contribution >= 0.6 is 0 Å². The summed E-state index contributed by atoms with van der Waals surface area (Å²) in [4.78, 5) is 18.5. The van der Waals surface area contributed by atoms with Gasteiger partial charge in [0.25, 0.3) is 0 Å². The van der Waals surface area contributed by atoms with E-state index in [1.54, 1.807) is 4.90 Å². The van der Waals surface area contributed by atoms with Gasteiger partial charge in [-0.15, -0.1) is 0 Å². The Labute approximate surface area is 178 Å². The Balaban J connectivity index is 1.46. The van der Waals surface area contributed by atoms with E-state index in [1.807, 2.05) is 59.7 Å². The highest BCUT2D eigenvalue weighted by molar-refractivity contribution is 6.62. The maximum atomic E-state index is 12.1. The predicted octanol–water partition coefficient (Wildman–Crippen LogP) is 3.85. The minimum Gasteiger partial charge on any atom is -0.447 e. The van der Waals surface area contributed by atoms with Crippen molar-refractivity contribution >= 4 is 29.8 Å². The topological polar surface area (TPSA) is 74.0 Å². The van der Waals surface area contributed by atoms with Crippen molar-refractivity contribution < 1.29 is 23.3 Å². The number of aromatic nitrogens is 1. The van der Waals surface area contributed by atoms with Crippen molar-refractivity contribution in [3.8, 4) is 0 Å². The van der Waals surface area contributed by atoms with E-state index in [1.165, 1.54) is 0 Å². The van der Waals surface area contributed by atoms with E-state index < -0.39 is 7.12 Å². The first-order chi connectivity index (χ1) is 14.1. The average molecular weight is 414 g/mol. The lowest BCUT2D eigenvalue weighted by Crippen LogP contribution is -2.41. The van der Waals surface area contributed by atoms with Gasteiger partial charge < -0.3 is 23.4 Å². The van der Waals surface area contributed by atoms with E-state index in [0.29, 0.717) is 13.1 Å². The van der Waals surface area contributed by atoms with Gasteiger partial charge in [-0.2, -0.15) is 0 Å².